The first-order valence-corrected chi connectivity index (χ1v) is 6.97. The summed E-state index contributed by atoms with van der Waals surface area (Å²) >= 11 is 0. The lowest BCUT2D eigenvalue weighted by Crippen LogP contribution is -2.47. The summed E-state index contributed by atoms with van der Waals surface area (Å²) in [5.74, 6) is -0.790. The summed E-state index contributed by atoms with van der Waals surface area (Å²) in [5, 5.41) is 14.8. The number of hydrogen-bond donors (Lipinski definition) is 3. The van der Waals surface area contributed by atoms with E-state index in [1.807, 2.05) is 19.1 Å². The van der Waals surface area contributed by atoms with Crippen molar-refractivity contribution in [2.24, 2.45) is 5.41 Å². The molecule has 1 saturated carbocycles. The molecule has 0 aromatic heterocycles. The molecular weight excluding hydrogens is 244 g/mol. The van der Waals surface area contributed by atoms with E-state index in [4.69, 9.17) is 0 Å². The van der Waals surface area contributed by atoms with Gasteiger partial charge in [-0.25, -0.2) is 4.79 Å². The molecule has 5 nitrogen and oxygen atoms in total. The topological polar surface area (TPSA) is 78.4 Å². The highest BCUT2D eigenvalue weighted by molar-refractivity contribution is 5.78. The van der Waals surface area contributed by atoms with Gasteiger partial charge in [0.25, 0.3) is 0 Å². The Morgan fingerprint density at radius 1 is 1.21 bits per heavy atom. The standard InChI is InChI=1S/C14H24N2O3/c1-2-3-7-10-15-13(19)16-11-14(12(17)18)8-5-4-6-9-14/h2-3H,4-11H2,1H3,(H,17,18)(H2,15,16,19)/b3-2+. The first-order valence-electron chi connectivity index (χ1n) is 6.97. The molecule has 0 aromatic carbocycles. The number of carboxylic acid groups (broad SMARTS) is 1. The van der Waals surface area contributed by atoms with Crippen LogP contribution in [0.1, 0.15) is 45.4 Å². The fourth-order valence-electron chi connectivity index (χ4n) is 2.44. The molecule has 0 spiro atoms. The zero-order valence-corrected chi connectivity index (χ0v) is 11.6. The summed E-state index contributed by atoms with van der Waals surface area (Å²) in [6, 6.07) is -0.282. The number of rotatable bonds is 6. The van der Waals surface area contributed by atoms with Crippen molar-refractivity contribution < 1.29 is 14.7 Å². The van der Waals surface area contributed by atoms with Gasteiger partial charge in [0, 0.05) is 13.1 Å². The Balaban J connectivity index is 2.35. The van der Waals surface area contributed by atoms with Gasteiger partial charge < -0.3 is 15.7 Å². The highest BCUT2D eigenvalue weighted by atomic mass is 16.4. The summed E-state index contributed by atoms with van der Waals surface area (Å²) in [4.78, 5) is 23.0. The predicted octanol–water partition coefficient (Wildman–Crippen LogP) is 2.29. The molecular formula is C14H24N2O3. The Labute approximate surface area is 114 Å². The van der Waals surface area contributed by atoms with Gasteiger partial charge in [-0.05, 0) is 26.2 Å². The van der Waals surface area contributed by atoms with Crippen molar-refractivity contribution in [2.75, 3.05) is 13.1 Å². The average molecular weight is 268 g/mol. The van der Waals surface area contributed by atoms with E-state index in [-0.39, 0.29) is 12.6 Å². The van der Waals surface area contributed by atoms with Gasteiger partial charge >= 0.3 is 12.0 Å². The Bertz CT molecular complexity index is 334. The average Bonchev–Trinajstić information content (AvgIpc) is 2.42. The van der Waals surface area contributed by atoms with Crippen molar-refractivity contribution in [2.45, 2.75) is 45.4 Å². The zero-order valence-electron chi connectivity index (χ0n) is 11.6. The largest absolute Gasteiger partial charge is 0.481 e. The SMILES string of the molecule is C/C=C/CCNC(=O)NCC1(C(=O)O)CCCCC1. The molecule has 1 aliphatic carbocycles. The summed E-state index contributed by atoms with van der Waals surface area (Å²) in [6.07, 6.45) is 8.94. The maximum atomic E-state index is 11.6. The minimum atomic E-state index is -0.790. The van der Waals surface area contributed by atoms with Gasteiger partial charge in [-0.15, -0.1) is 0 Å². The number of hydrogen-bond acceptors (Lipinski definition) is 2. The molecule has 0 aromatic rings. The molecule has 0 radical (unpaired) electrons. The van der Waals surface area contributed by atoms with Crippen molar-refractivity contribution in [3.63, 3.8) is 0 Å². The van der Waals surface area contributed by atoms with Crippen LogP contribution in [0, 0.1) is 5.41 Å². The van der Waals surface area contributed by atoms with Gasteiger partial charge in [0.1, 0.15) is 0 Å². The Hall–Kier alpha value is -1.52. The number of carbonyl (C=O) groups excluding carboxylic acids is 1. The lowest BCUT2D eigenvalue weighted by atomic mass is 9.74. The Morgan fingerprint density at radius 2 is 1.89 bits per heavy atom. The second-order valence-corrected chi connectivity index (χ2v) is 5.11. The van der Waals surface area contributed by atoms with Crippen LogP contribution >= 0.6 is 0 Å². The second kappa shape index (κ2) is 7.81. The highest BCUT2D eigenvalue weighted by Gasteiger charge is 2.39. The van der Waals surface area contributed by atoms with Crippen molar-refractivity contribution in [3.05, 3.63) is 12.2 Å². The lowest BCUT2D eigenvalue weighted by Gasteiger charge is -2.33. The highest BCUT2D eigenvalue weighted by Crippen LogP contribution is 2.35. The molecule has 1 rings (SSSR count). The van der Waals surface area contributed by atoms with Crippen LogP contribution in [0.5, 0.6) is 0 Å². The third kappa shape index (κ3) is 4.93. The molecule has 108 valence electrons. The molecule has 2 amide bonds. The van der Waals surface area contributed by atoms with E-state index in [2.05, 4.69) is 10.6 Å². The molecule has 0 saturated heterocycles. The third-order valence-electron chi connectivity index (χ3n) is 3.68. The molecule has 0 bridgehead atoms. The zero-order chi connectivity index (χ0) is 14.1. The van der Waals surface area contributed by atoms with E-state index >= 15 is 0 Å². The van der Waals surface area contributed by atoms with Gasteiger partial charge in [0.05, 0.1) is 5.41 Å². The number of carbonyl (C=O) groups is 2. The van der Waals surface area contributed by atoms with E-state index in [1.54, 1.807) is 0 Å². The molecule has 19 heavy (non-hydrogen) atoms. The molecule has 5 heteroatoms. The van der Waals surface area contributed by atoms with Crippen molar-refractivity contribution in [1.82, 2.24) is 10.6 Å². The molecule has 0 atom stereocenters. The van der Waals surface area contributed by atoms with Gasteiger partial charge in [0.2, 0.25) is 0 Å². The number of amides is 2. The summed E-state index contributed by atoms with van der Waals surface area (Å²) < 4.78 is 0. The number of allylic oxidation sites excluding steroid dienone is 1. The van der Waals surface area contributed by atoms with Crippen molar-refractivity contribution in [3.8, 4) is 0 Å². The van der Waals surface area contributed by atoms with E-state index in [0.29, 0.717) is 19.4 Å². The van der Waals surface area contributed by atoms with E-state index < -0.39 is 11.4 Å². The van der Waals surface area contributed by atoms with E-state index in [9.17, 15) is 14.7 Å². The number of aliphatic carboxylic acids is 1. The number of carboxylic acids is 1. The minimum absolute atomic E-state index is 0.220. The first-order chi connectivity index (χ1) is 9.10. The van der Waals surface area contributed by atoms with Gasteiger partial charge in [-0.1, -0.05) is 31.4 Å². The lowest BCUT2D eigenvalue weighted by molar-refractivity contribution is -0.150. The van der Waals surface area contributed by atoms with Crippen molar-refractivity contribution >= 4 is 12.0 Å². The van der Waals surface area contributed by atoms with Gasteiger partial charge in [0.15, 0.2) is 0 Å². The summed E-state index contributed by atoms with van der Waals surface area (Å²) in [7, 11) is 0. The normalized spacial score (nSPS) is 18.2. The Morgan fingerprint density at radius 3 is 2.47 bits per heavy atom. The van der Waals surface area contributed by atoms with Crippen LogP contribution in [0.3, 0.4) is 0 Å². The van der Waals surface area contributed by atoms with E-state index in [0.717, 1.165) is 25.7 Å². The summed E-state index contributed by atoms with van der Waals surface area (Å²) in [6.45, 7) is 2.72. The van der Waals surface area contributed by atoms with Crippen LogP contribution in [-0.4, -0.2) is 30.2 Å². The maximum absolute atomic E-state index is 11.6. The fourth-order valence-corrected chi connectivity index (χ4v) is 2.44. The molecule has 0 heterocycles. The quantitative estimate of drug-likeness (QED) is 0.511. The third-order valence-corrected chi connectivity index (χ3v) is 3.68. The van der Waals surface area contributed by atoms with Crippen LogP contribution in [-0.2, 0) is 4.79 Å². The molecule has 0 unspecified atom stereocenters. The van der Waals surface area contributed by atoms with Crippen LogP contribution in [0.25, 0.3) is 0 Å². The second-order valence-electron chi connectivity index (χ2n) is 5.11. The van der Waals surface area contributed by atoms with Crippen LogP contribution in [0.4, 0.5) is 4.79 Å². The van der Waals surface area contributed by atoms with Crippen LogP contribution in [0.15, 0.2) is 12.2 Å². The Kier molecular flexibility index (Phi) is 6.39. The van der Waals surface area contributed by atoms with Crippen LogP contribution in [0.2, 0.25) is 0 Å². The molecule has 0 aliphatic heterocycles. The predicted molar refractivity (Wildman–Crippen MR) is 74.0 cm³/mol. The first kappa shape index (κ1) is 15.5. The van der Waals surface area contributed by atoms with Gasteiger partial charge in [-0.2, -0.15) is 0 Å². The molecule has 1 aliphatic rings. The summed E-state index contributed by atoms with van der Waals surface area (Å²) in [5.41, 5.74) is -0.765. The smallest absolute Gasteiger partial charge is 0.314 e. The number of nitrogens with one attached hydrogen (secondary N) is 2. The van der Waals surface area contributed by atoms with Crippen molar-refractivity contribution in [1.29, 1.82) is 0 Å². The molecule has 3 N–H and O–H groups in total. The molecule has 1 fully saturated rings. The van der Waals surface area contributed by atoms with Gasteiger partial charge in [-0.3, -0.25) is 4.79 Å². The monoisotopic (exact) mass is 268 g/mol. The number of urea groups is 1. The fraction of sp³-hybridized carbons (Fsp3) is 0.714. The maximum Gasteiger partial charge on any atom is 0.314 e. The minimum Gasteiger partial charge on any atom is -0.481 e. The van der Waals surface area contributed by atoms with E-state index in [1.165, 1.54) is 0 Å². The van der Waals surface area contributed by atoms with Crippen LogP contribution < -0.4 is 10.6 Å².